The monoisotopic (exact) mass is 562 g/mol. The molecule has 1 aromatic heterocycles. The number of carbonyl (C=O) groups excluding carboxylic acids is 1. The van der Waals surface area contributed by atoms with Crippen molar-refractivity contribution in [2.45, 2.75) is 44.6 Å². The zero-order valence-electron chi connectivity index (χ0n) is 19.3. The summed E-state index contributed by atoms with van der Waals surface area (Å²) < 4.78 is 0. The van der Waals surface area contributed by atoms with Gasteiger partial charge in [-0.2, -0.15) is 0 Å². The third-order valence-corrected chi connectivity index (χ3v) is 6.65. The lowest BCUT2D eigenvalue weighted by Crippen LogP contribution is -2.41. The number of anilines is 1. The van der Waals surface area contributed by atoms with Crippen molar-refractivity contribution in [2.24, 2.45) is 16.6 Å². The Kier molecular flexibility index (Phi) is 8.94. The fourth-order valence-electron chi connectivity index (χ4n) is 4.48. The predicted molar refractivity (Wildman–Crippen MR) is 144 cm³/mol. The van der Waals surface area contributed by atoms with E-state index in [1.54, 1.807) is 0 Å². The summed E-state index contributed by atoms with van der Waals surface area (Å²) in [5.74, 6) is 1.57. The average molecular weight is 563 g/mol. The van der Waals surface area contributed by atoms with Gasteiger partial charge >= 0.3 is 0 Å². The number of nitrogens with one attached hydrogen (secondary N) is 2. The lowest BCUT2D eigenvalue weighted by Gasteiger charge is -2.32. The van der Waals surface area contributed by atoms with Gasteiger partial charge in [0.1, 0.15) is 5.82 Å². The Balaban J connectivity index is 0.00000306. The predicted octanol–water partition coefficient (Wildman–Crippen LogP) is 3.19. The van der Waals surface area contributed by atoms with Crippen molar-refractivity contribution >= 4 is 41.7 Å². The number of benzene rings is 1. The summed E-state index contributed by atoms with van der Waals surface area (Å²) in [5, 5.41) is 6.94. The van der Waals surface area contributed by atoms with E-state index in [0.29, 0.717) is 6.54 Å². The van der Waals surface area contributed by atoms with Crippen LogP contribution >= 0.6 is 24.0 Å². The third kappa shape index (κ3) is 6.37. The second kappa shape index (κ2) is 11.7. The third-order valence-electron chi connectivity index (χ3n) is 6.65. The molecule has 2 heterocycles. The quantitative estimate of drug-likeness (QED) is 0.261. The Bertz CT molecular complexity index is 939. The summed E-state index contributed by atoms with van der Waals surface area (Å²) >= 11 is 0. The second-order valence-electron chi connectivity index (χ2n) is 8.84. The molecule has 1 aliphatic carbocycles. The molecule has 33 heavy (non-hydrogen) atoms. The number of nitrogens with two attached hydrogens (primary N) is 1. The topological polar surface area (TPSA) is 95.6 Å². The summed E-state index contributed by atoms with van der Waals surface area (Å²) in [6.07, 6.45) is 5.79. The summed E-state index contributed by atoms with van der Waals surface area (Å²) in [4.78, 5) is 23.2. The SMILES string of the molecule is CCNC(=NCc1cccnc1N1CCC(C(N)=O)CC1)NCC1(c2ccccc2)CC1.I. The molecule has 0 radical (unpaired) electrons. The maximum atomic E-state index is 11.5. The van der Waals surface area contributed by atoms with Gasteiger partial charge in [0.15, 0.2) is 5.96 Å². The van der Waals surface area contributed by atoms with E-state index in [4.69, 9.17) is 10.7 Å². The molecule has 0 spiro atoms. The molecule has 0 unspecified atom stereocenters. The van der Waals surface area contributed by atoms with Gasteiger partial charge in [-0.25, -0.2) is 9.98 Å². The lowest BCUT2D eigenvalue weighted by molar-refractivity contribution is -0.122. The highest BCUT2D eigenvalue weighted by Crippen LogP contribution is 2.47. The van der Waals surface area contributed by atoms with Gasteiger partial charge in [-0.05, 0) is 44.2 Å². The van der Waals surface area contributed by atoms with Crippen molar-refractivity contribution in [1.82, 2.24) is 15.6 Å². The van der Waals surface area contributed by atoms with Crippen molar-refractivity contribution in [2.75, 3.05) is 31.1 Å². The van der Waals surface area contributed by atoms with E-state index in [0.717, 1.165) is 56.4 Å². The number of pyridine rings is 1. The van der Waals surface area contributed by atoms with Crippen LogP contribution in [-0.4, -0.2) is 43.0 Å². The number of halogens is 1. The molecule has 2 aromatic rings. The van der Waals surface area contributed by atoms with Crippen LogP contribution < -0.4 is 21.3 Å². The normalized spacial score (nSPS) is 17.7. The van der Waals surface area contributed by atoms with Gasteiger partial charge in [-0.3, -0.25) is 4.79 Å². The number of nitrogens with zero attached hydrogens (tertiary/aromatic N) is 3. The minimum Gasteiger partial charge on any atom is -0.369 e. The van der Waals surface area contributed by atoms with Crippen molar-refractivity contribution < 1.29 is 4.79 Å². The zero-order valence-corrected chi connectivity index (χ0v) is 21.6. The first-order valence-electron chi connectivity index (χ1n) is 11.7. The summed E-state index contributed by atoms with van der Waals surface area (Å²) in [6.45, 7) is 5.90. The highest BCUT2D eigenvalue weighted by Gasteiger charge is 2.44. The van der Waals surface area contributed by atoms with E-state index in [2.05, 4.69) is 63.8 Å². The van der Waals surface area contributed by atoms with Crippen LogP contribution in [0.25, 0.3) is 0 Å². The van der Waals surface area contributed by atoms with Gasteiger partial charge in [0.05, 0.1) is 6.54 Å². The van der Waals surface area contributed by atoms with Crippen LogP contribution in [0.15, 0.2) is 53.7 Å². The van der Waals surface area contributed by atoms with Crippen molar-refractivity contribution in [1.29, 1.82) is 0 Å². The van der Waals surface area contributed by atoms with E-state index in [-0.39, 0.29) is 41.2 Å². The number of amides is 1. The average Bonchev–Trinajstić information content (AvgIpc) is 3.63. The molecule has 178 valence electrons. The molecule has 7 nitrogen and oxygen atoms in total. The number of primary amides is 1. The Hall–Kier alpha value is -2.36. The van der Waals surface area contributed by atoms with Gasteiger partial charge in [-0.1, -0.05) is 36.4 Å². The largest absolute Gasteiger partial charge is 0.369 e. The number of guanidine groups is 1. The van der Waals surface area contributed by atoms with Gasteiger partial charge in [0.2, 0.25) is 5.91 Å². The molecule has 8 heteroatoms. The first-order chi connectivity index (χ1) is 15.6. The maximum absolute atomic E-state index is 11.5. The van der Waals surface area contributed by atoms with Crippen LogP contribution in [-0.2, 0) is 16.8 Å². The second-order valence-corrected chi connectivity index (χ2v) is 8.84. The van der Waals surface area contributed by atoms with Crippen LogP contribution in [0.4, 0.5) is 5.82 Å². The van der Waals surface area contributed by atoms with E-state index in [1.165, 1.54) is 18.4 Å². The molecule has 1 amide bonds. The minimum atomic E-state index is -0.194. The Morgan fingerprint density at radius 1 is 1.15 bits per heavy atom. The first kappa shape index (κ1) is 25.3. The van der Waals surface area contributed by atoms with Crippen molar-refractivity contribution in [3.05, 3.63) is 59.8 Å². The molecule has 2 fully saturated rings. The number of hydrogen-bond donors (Lipinski definition) is 3. The number of piperidine rings is 1. The number of carbonyl (C=O) groups is 1. The van der Waals surface area contributed by atoms with Gasteiger partial charge in [0, 0.05) is 49.3 Å². The summed E-state index contributed by atoms with van der Waals surface area (Å²) in [7, 11) is 0. The molecular weight excluding hydrogens is 527 g/mol. The molecule has 1 saturated heterocycles. The Morgan fingerprint density at radius 2 is 1.88 bits per heavy atom. The van der Waals surface area contributed by atoms with Crippen LogP contribution in [0.3, 0.4) is 0 Å². The highest BCUT2D eigenvalue weighted by molar-refractivity contribution is 14.0. The first-order valence-corrected chi connectivity index (χ1v) is 11.7. The van der Waals surface area contributed by atoms with Crippen LogP contribution in [0, 0.1) is 5.92 Å². The molecule has 2 aliphatic rings. The summed E-state index contributed by atoms with van der Waals surface area (Å²) in [6, 6.07) is 14.8. The maximum Gasteiger partial charge on any atom is 0.220 e. The smallest absolute Gasteiger partial charge is 0.220 e. The van der Waals surface area contributed by atoms with Crippen LogP contribution in [0.5, 0.6) is 0 Å². The molecule has 1 saturated carbocycles. The number of aromatic nitrogens is 1. The number of hydrogen-bond acceptors (Lipinski definition) is 4. The van der Waals surface area contributed by atoms with E-state index >= 15 is 0 Å². The fourth-order valence-corrected chi connectivity index (χ4v) is 4.48. The minimum absolute atomic E-state index is 0. The van der Waals surface area contributed by atoms with Crippen LogP contribution in [0.1, 0.15) is 43.7 Å². The van der Waals surface area contributed by atoms with Crippen molar-refractivity contribution in [3.8, 4) is 0 Å². The van der Waals surface area contributed by atoms with E-state index in [9.17, 15) is 4.79 Å². The summed E-state index contributed by atoms with van der Waals surface area (Å²) in [5.41, 5.74) is 8.20. The standard InChI is InChI=1S/C25H34N6O.HI/c1-2-27-24(30-18-25(12-13-25)21-8-4-3-5-9-21)29-17-20-7-6-14-28-23(20)31-15-10-19(11-16-31)22(26)32;/h3-9,14,19H,2,10-13,15-18H2,1H3,(H2,26,32)(H2,27,29,30);1H. The zero-order chi connectivity index (χ0) is 22.4. The fraction of sp³-hybridized carbons (Fsp3) is 0.480. The molecule has 0 bridgehead atoms. The van der Waals surface area contributed by atoms with Gasteiger partial charge in [-0.15, -0.1) is 24.0 Å². The van der Waals surface area contributed by atoms with Gasteiger partial charge in [0.25, 0.3) is 0 Å². The van der Waals surface area contributed by atoms with Crippen molar-refractivity contribution in [3.63, 3.8) is 0 Å². The molecule has 0 atom stereocenters. The lowest BCUT2D eigenvalue weighted by atomic mass is 9.96. The molecule has 4 N–H and O–H groups in total. The Morgan fingerprint density at radius 3 is 2.52 bits per heavy atom. The van der Waals surface area contributed by atoms with E-state index in [1.807, 2.05) is 12.3 Å². The number of aliphatic imine (C=N–C) groups is 1. The highest BCUT2D eigenvalue weighted by atomic mass is 127. The molecule has 4 rings (SSSR count). The van der Waals surface area contributed by atoms with E-state index < -0.39 is 0 Å². The van der Waals surface area contributed by atoms with Gasteiger partial charge < -0.3 is 21.3 Å². The molecule has 1 aromatic carbocycles. The Labute approximate surface area is 213 Å². The molecule has 1 aliphatic heterocycles. The number of rotatable bonds is 8. The molecular formula is C25H35IN6O. The van der Waals surface area contributed by atoms with Crippen LogP contribution in [0.2, 0.25) is 0 Å².